The lowest BCUT2D eigenvalue weighted by molar-refractivity contribution is -0.118. The monoisotopic (exact) mass is 381 g/mol. The van der Waals surface area contributed by atoms with Gasteiger partial charge in [-0.05, 0) is 24.3 Å². The Kier molecular flexibility index (Phi) is 6.27. The zero-order chi connectivity index (χ0) is 19.1. The van der Waals surface area contributed by atoms with Gasteiger partial charge in [-0.15, -0.1) is 11.8 Å². The van der Waals surface area contributed by atoms with Gasteiger partial charge in [-0.1, -0.05) is 18.2 Å². The van der Waals surface area contributed by atoms with Crippen LogP contribution in [0.3, 0.4) is 0 Å². The van der Waals surface area contributed by atoms with E-state index in [2.05, 4.69) is 15.5 Å². The van der Waals surface area contributed by atoms with Gasteiger partial charge < -0.3 is 9.47 Å². The molecule has 2 aromatic carbocycles. The molecule has 0 aliphatic rings. The normalized spacial score (nSPS) is 10.9. The highest BCUT2D eigenvalue weighted by Crippen LogP contribution is 2.25. The number of nitrogens with zero attached hydrogens (tertiary/aromatic N) is 2. The molecule has 0 fully saturated rings. The maximum absolute atomic E-state index is 12.1. The van der Waals surface area contributed by atoms with Crippen LogP contribution in [-0.4, -0.2) is 37.1 Å². The van der Waals surface area contributed by atoms with E-state index in [1.54, 1.807) is 44.8 Å². The van der Waals surface area contributed by atoms with Crippen molar-refractivity contribution in [1.29, 1.82) is 0 Å². The van der Waals surface area contributed by atoms with Crippen LogP contribution in [0.1, 0.15) is 5.56 Å². The average Bonchev–Trinajstić information content (AvgIpc) is 2.71. The van der Waals surface area contributed by atoms with Crippen molar-refractivity contribution in [1.82, 2.24) is 10.4 Å². The number of fused-ring (bicyclic) bond motifs is 1. The molecule has 1 N–H and O–H groups in total. The first-order valence-corrected chi connectivity index (χ1v) is 9.19. The number of hydrazone groups is 1. The zero-order valence-corrected chi connectivity index (χ0v) is 15.8. The van der Waals surface area contributed by atoms with Crippen LogP contribution in [0.4, 0.5) is 0 Å². The number of aromatic nitrogens is 1. The number of methoxy groups -OCH3 is 2. The fourth-order valence-electron chi connectivity index (χ4n) is 2.45. The number of amides is 1. The molecule has 1 heterocycles. The molecule has 0 aliphatic carbocycles. The summed E-state index contributed by atoms with van der Waals surface area (Å²) in [4.78, 5) is 17.4. The molecule has 3 aromatic rings. The van der Waals surface area contributed by atoms with Crippen molar-refractivity contribution in [2.75, 3.05) is 20.0 Å². The second-order valence-corrected chi connectivity index (χ2v) is 6.58. The van der Waals surface area contributed by atoms with Gasteiger partial charge in [-0.2, -0.15) is 5.10 Å². The highest BCUT2D eigenvalue weighted by molar-refractivity contribution is 8.00. The van der Waals surface area contributed by atoms with E-state index < -0.39 is 0 Å². The number of hydrogen-bond donors (Lipinski definition) is 1. The minimum atomic E-state index is -0.195. The van der Waals surface area contributed by atoms with E-state index in [0.29, 0.717) is 11.5 Å². The Morgan fingerprint density at radius 1 is 1.15 bits per heavy atom. The van der Waals surface area contributed by atoms with E-state index in [9.17, 15) is 4.79 Å². The number of carbonyl (C=O) groups excluding carboxylic acids is 1. The fourth-order valence-corrected chi connectivity index (χ4v) is 3.28. The molecule has 0 spiro atoms. The quantitative estimate of drug-likeness (QED) is 0.385. The highest BCUT2D eigenvalue weighted by atomic mass is 32.2. The van der Waals surface area contributed by atoms with E-state index in [1.807, 2.05) is 30.3 Å². The van der Waals surface area contributed by atoms with Gasteiger partial charge in [0.15, 0.2) is 0 Å². The number of ether oxygens (including phenoxy) is 2. The van der Waals surface area contributed by atoms with Crippen molar-refractivity contribution in [3.05, 3.63) is 60.3 Å². The van der Waals surface area contributed by atoms with Gasteiger partial charge in [0, 0.05) is 28.1 Å². The molecule has 138 valence electrons. The van der Waals surface area contributed by atoms with Gasteiger partial charge in [-0.3, -0.25) is 9.78 Å². The van der Waals surface area contributed by atoms with Crippen molar-refractivity contribution in [3.8, 4) is 11.5 Å². The molecule has 0 unspecified atom stereocenters. The van der Waals surface area contributed by atoms with Crippen LogP contribution in [0, 0.1) is 0 Å². The van der Waals surface area contributed by atoms with E-state index in [1.165, 1.54) is 11.8 Å². The standard InChI is InChI=1S/C20H19N3O3S/c1-25-16-9-14(10-17(11-16)26-2)12-22-23-19(24)13-27-18-7-3-5-15-6-4-8-21-20(15)18/h3-12H,13H2,1-2H3,(H,23,24)/b22-12-. The number of nitrogens with one attached hydrogen (secondary N) is 1. The first kappa shape index (κ1) is 18.7. The lowest BCUT2D eigenvalue weighted by Crippen LogP contribution is -2.19. The van der Waals surface area contributed by atoms with Crippen molar-refractivity contribution in [3.63, 3.8) is 0 Å². The third-order valence-electron chi connectivity index (χ3n) is 3.73. The molecular weight excluding hydrogens is 362 g/mol. The lowest BCUT2D eigenvalue weighted by atomic mass is 10.2. The first-order chi connectivity index (χ1) is 13.2. The predicted octanol–water partition coefficient (Wildman–Crippen LogP) is 3.49. The second kappa shape index (κ2) is 9.05. The Labute approximate surface area is 161 Å². The number of benzene rings is 2. The third-order valence-corrected chi connectivity index (χ3v) is 4.78. The van der Waals surface area contributed by atoms with Crippen LogP contribution in [0.25, 0.3) is 10.9 Å². The number of pyridine rings is 1. The number of para-hydroxylation sites is 1. The van der Waals surface area contributed by atoms with Crippen molar-refractivity contribution in [2.45, 2.75) is 4.90 Å². The van der Waals surface area contributed by atoms with Crippen LogP contribution in [-0.2, 0) is 4.79 Å². The predicted molar refractivity (Wildman–Crippen MR) is 108 cm³/mol. The Hall–Kier alpha value is -3.06. The van der Waals surface area contributed by atoms with Crippen LogP contribution in [0.2, 0.25) is 0 Å². The Balaban J connectivity index is 1.59. The molecule has 6 nitrogen and oxygen atoms in total. The molecule has 3 rings (SSSR count). The summed E-state index contributed by atoms with van der Waals surface area (Å²) in [5.41, 5.74) is 4.19. The molecule has 1 aromatic heterocycles. The molecule has 0 radical (unpaired) electrons. The smallest absolute Gasteiger partial charge is 0.250 e. The van der Waals surface area contributed by atoms with Crippen LogP contribution in [0.15, 0.2) is 64.7 Å². The Bertz CT molecular complexity index is 948. The summed E-state index contributed by atoms with van der Waals surface area (Å²) in [6.45, 7) is 0. The Morgan fingerprint density at radius 3 is 2.63 bits per heavy atom. The van der Waals surface area contributed by atoms with E-state index in [0.717, 1.165) is 21.4 Å². The van der Waals surface area contributed by atoms with Gasteiger partial charge in [0.25, 0.3) is 0 Å². The number of rotatable bonds is 7. The van der Waals surface area contributed by atoms with Gasteiger partial charge in [0.2, 0.25) is 5.91 Å². The Morgan fingerprint density at radius 2 is 1.89 bits per heavy atom. The second-order valence-electron chi connectivity index (χ2n) is 5.56. The molecule has 0 aliphatic heterocycles. The van der Waals surface area contributed by atoms with Crippen molar-refractivity contribution < 1.29 is 14.3 Å². The molecule has 1 amide bonds. The minimum Gasteiger partial charge on any atom is -0.497 e. The van der Waals surface area contributed by atoms with E-state index >= 15 is 0 Å². The number of hydrogen-bond acceptors (Lipinski definition) is 6. The van der Waals surface area contributed by atoms with E-state index in [4.69, 9.17) is 9.47 Å². The van der Waals surface area contributed by atoms with Gasteiger partial charge in [0.1, 0.15) is 11.5 Å². The number of thioether (sulfide) groups is 1. The zero-order valence-electron chi connectivity index (χ0n) is 15.0. The van der Waals surface area contributed by atoms with Crippen LogP contribution >= 0.6 is 11.8 Å². The largest absolute Gasteiger partial charge is 0.497 e. The summed E-state index contributed by atoms with van der Waals surface area (Å²) in [5, 5.41) is 5.05. The summed E-state index contributed by atoms with van der Waals surface area (Å²) < 4.78 is 10.4. The highest BCUT2D eigenvalue weighted by Gasteiger charge is 2.06. The lowest BCUT2D eigenvalue weighted by Gasteiger charge is -2.06. The summed E-state index contributed by atoms with van der Waals surface area (Å²) in [5.74, 6) is 1.36. The molecular formula is C20H19N3O3S. The molecule has 0 atom stereocenters. The van der Waals surface area contributed by atoms with Crippen LogP contribution in [0.5, 0.6) is 11.5 Å². The maximum atomic E-state index is 12.1. The van der Waals surface area contributed by atoms with Crippen molar-refractivity contribution in [2.24, 2.45) is 5.10 Å². The van der Waals surface area contributed by atoms with Gasteiger partial charge >= 0.3 is 0 Å². The summed E-state index contributed by atoms with van der Waals surface area (Å²) in [7, 11) is 3.16. The molecule has 27 heavy (non-hydrogen) atoms. The average molecular weight is 381 g/mol. The van der Waals surface area contributed by atoms with Crippen LogP contribution < -0.4 is 14.9 Å². The third kappa shape index (κ3) is 4.98. The summed E-state index contributed by atoms with van der Waals surface area (Å²) in [6, 6.07) is 15.2. The first-order valence-electron chi connectivity index (χ1n) is 8.21. The molecule has 7 heteroatoms. The molecule has 0 saturated carbocycles. The van der Waals surface area contributed by atoms with Gasteiger partial charge in [0.05, 0.1) is 31.7 Å². The minimum absolute atomic E-state index is 0.195. The SMILES string of the molecule is COc1cc(/C=N\NC(=O)CSc2cccc3cccnc23)cc(OC)c1. The topological polar surface area (TPSA) is 72.8 Å². The fraction of sp³-hybridized carbons (Fsp3) is 0.150. The summed E-state index contributed by atoms with van der Waals surface area (Å²) >= 11 is 1.43. The summed E-state index contributed by atoms with van der Waals surface area (Å²) in [6.07, 6.45) is 3.30. The van der Waals surface area contributed by atoms with E-state index in [-0.39, 0.29) is 11.7 Å². The molecule has 0 bridgehead atoms. The van der Waals surface area contributed by atoms with Gasteiger partial charge in [-0.25, -0.2) is 5.43 Å². The molecule has 0 saturated heterocycles. The number of carbonyl (C=O) groups is 1. The van der Waals surface area contributed by atoms with Crippen molar-refractivity contribution >= 4 is 34.8 Å². The maximum Gasteiger partial charge on any atom is 0.250 e.